The van der Waals surface area contributed by atoms with E-state index in [1.54, 1.807) is 31.3 Å². The Morgan fingerprint density at radius 2 is 1.90 bits per heavy atom. The topological polar surface area (TPSA) is 138 Å². The van der Waals surface area contributed by atoms with Crippen LogP contribution in [0.15, 0.2) is 36.5 Å². The number of rotatable bonds is 8. The van der Waals surface area contributed by atoms with Gasteiger partial charge in [0.05, 0.1) is 48.2 Å². The Bertz CT molecular complexity index is 1320. The van der Waals surface area contributed by atoms with Crippen molar-refractivity contribution in [3.05, 3.63) is 48.2 Å². The van der Waals surface area contributed by atoms with E-state index in [9.17, 15) is 9.18 Å². The maximum atomic E-state index is 13.7. The van der Waals surface area contributed by atoms with Gasteiger partial charge in [0.2, 0.25) is 18.1 Å². The highest BCUT2D eigenvalue weighted by Crippen LogP contribution is 2.35. The molecule has 3 heterocycles. The van der Waals surface area contributed by atoms with E-state index in [1.165, 1.54) is 31.4 Å². The predicted octanol–water partition coefficient (Wildman–Crippen LogP) is 4.50. The monoisotopic (exact) mass is 533 g/mol. The molecule has 5 rings (SSSR count). The fourth-order valence-corrected chi connectivity index (χ4v) is 4.85. The van der Waals surface area contributed by atoms with Crippen LogP contribution in [0.5, 0.6) is 0 Å². The summed E-state index contributed by atoms with van der Waals surface area (Å²) in [6.45, 7) is 2.25. The number of nitrogens with zero attached hydrogens (tertiary/aromatic N) is 4. The molecular weight excluding hydrogens is 501 g/mol. The highest BCUT2D eigenvalue weighted by molar-refractivity contribution is 5.82. The molecule has 2 fully saturated rings. The van der Waals surface area contributed by atoms with Crippen molar-refractivity contribution in [2.24, 2.45) is 5.41 Å². The Morgan fingerprint density at radius 3 is 2.62 bits per heavy atom. The summed E-state index contributed by atoms with van der Waals surface area (Å²) in [4.78, 5) is 29.9. The lowest BCUT2D eigenvalue weighted by molar-refractivity contribution is -0.231. The molecule has 1 amide bonds. The molecule has 11 heteroatoms. The highest BCUT2D eigenvalue weighted by atomic mass is 19.1. The molecule has 1 aliphatic heterocycles. The molecule has 10 nitrogen and oxygen atoms in total. The Hall–Kier alpha value is -3.88. The van der Waals surface area contributed by atoms with Crippen molar-refractivity contribution in [3.63, 3.8) is 0 Å². The van der Waals surface area contributed by atoms with E-state index in [-0.39, 0.29) is 37.9 Å². The van der Waals surface area contributed by atoms with E-state index in [1.807, 2.05) is 6.07 Å². The average Bonchev–Trinajstić information content (AvgIpc) is 3.40. The van der Waals surface area contributed by atoms with E-state index < -0.39 is 11.7 Å². The van der Waals surface area contributed by atoms with Crippen molar-refractivity contribution < 1.29 is 18.7 Å². The number of H-pyrrole nitrogens is 1. The standard InChI is InChI=1S/C28H32FN7O3/c1-28(26(37)31-14-5-13-30)16-38-25(39-17-28)24-35-22(18-8-10-19(29)11-9-18)23(36-24)21-12-15-32-27(34-21)33-20-6-3-2-4-7-20/h8-12,15,20,25H,2-7,14,16-17H2,1H3,(H,31,37)(H,35,36)(H,32,33,34). The second-order valence-corrected chi connectivity index (χ2v) is 10.3. The largest absolute Gasteiger partial charge is 0.354 e. The number of imidazole rings is 1. The van der Waals surface area contributed by atoms with E-state index in [0.717, 1.165) is 12.8 Å². The summed E-state index contributed by atoms with van der Waals surface area (Å²) >= 11 is 0. The van der Waals surface area contributed by atoms with Gasteiger partial charge in [-0.1, -0.05) is 19.3 Å². The number of halogens is 1. The zero-order chi connectivity index (χ0) is 27.2. The van der Waals surface area contributed by atoms with Crippen LogP contribution in [-0.2, 0) is 14.3 Å². The molecule has 1 saturated carbocycles. The lowest BCUT2D eigenvalue weighted by Crippen LogP contribution is -2.48. The van der Waals surface area contributed by atoms with E-state index >= 15 is 0 Å². The minimum atomic E-state index is -0.895. The fourth-order valence-electron chi connectivity index (χ4n) is 4.85. The third-order valence-corrected chi connectivity index (χ3v) is 7.09. The van der Waals surface area contributed by atoms with Crippen LogP contribution in [0.3, 0.4) is 0 Å². The van der Waals surface area contributed by atoms with Crippen molar-refractivity contribution in [2.75, 3.05) is 25.1 Å². The number of carbonyl (C=O) groups is 1. The Morgan fingerprint density at radius 1 is 1.15 bits per heavy atom. The summed E-state index contributed by atoms with van der Waals surface area (Å²) in [5.41, 5.74) is 1.63. The fraction of sp³-hybridized carbons (Fsp3) is 0.464. The minimum Gasteiger partial charge on any atom is -0.354 e. The van der Waals surface area contributed by atoms with Gasteiger partial charge in [-0.05, 0) is 50.1 Å². The molecule has 0 radical (unpaired) electrons. The lowest BCUT2D eigenvalue weighted by atomic mass is 9.91. The number of nitrogens with one attached hydrogen (secondary N) is 3. The molecule has 2 aliphatic rings. The minimum absolute atomic E-state index is 0.112. The number of hydrogen-bond acceptors (Lipinski definition) is 8. The Balaban J connectivity index is 1.39. The third-order valence-electron chi connectivity index (χ3n) is 7.09. The molecule has 204 valence electrons. The number of aromatic nitrogens is 4. The van der Waals surface area contributed by atoms with Gasteiger partial charge in [-0.25, -0.2) is 19.3 Å². The highest BCUT2D eigenvalue weighted by Gasteiger charge is 2.40. The van der Waals surface area contributed by atoms with Gasteiger partial charge in [0.15, 0.2) is 5.82 Å². The smallest absolute Gasteiger partial charge is 0.230 e. The molecule has 1 aliphatic carbocycles. The lowest BCUT2D eigenvalue weighted by Gasteiger charge is -2.35. The zero-order valence-electron chi connectivity index (χ0n) is 21.9. The maximum Gasteiger partial charge on any atom is 0.230 e. The molecule has 0 spiro atoms. The second kappa shape index (κ2) is 11.9. The molecule has 1 aromatic carbocycles. The first-order chi connectivity index (χ1) is 18.9. The summed E-state index contributed by atoms with van der Waals surface area (Å²) in [6, 6.07) is 10.2. The molecule has 3 N–H and O–H groups in total. The molecule has 3 aromatic rings. The SMILES string of the molecule is CC1(C(=O)NCCC#N)COC(c2nc(-c3ccc(F)cc3)c(-c3ccnc(NC4CCCCC4)n3)[nH]2)OC1. The Labute approximate surface area is 226 Å². The summed E-state index contributed by atoms with van der Waals surface area (Å²) in [6.07, 6.45) is 6.92. The zero-order valence-corrected chi connectivity index (χ0v) is 21.9. The van der Waals surface area contributed by atoms with Crippen molar-refractivity contribution in [1.29, 1.82) is 5.26 Å². The van der Waals surface area contributed by atoms with Crippen molar-refractivity contribution in [2.45, 2.75) is 57.8 Å². The van der Waals surface area contributed by atoms with Gasteiger partial charge in [0.25, 0.3) is 0 Å². The number of anilines is 1. The van der Waals surface area contributed by atoms with Gasteiger partial charge in [-0.2, -0.15) is 5.26 Å². The van der Waals surface area contributed by atoms with Gasteiger partial charge in [0.1, 0.15) is 5.82 Å². The molecular formula is C28H32FN7O3. The van der Waals surface area contributed by atoms with Crippen LogP contribution in [-0.4, -0.2) is 51.6 Å². The van der Waals surface area contributed by atoms with Crippen LogP contribution in [0.4, 0.5) is 10.3 Å². The van der Waals surface area contributed by atoms with Crippen LogP contribution in [0.2, 0.25) is 0 Å². The van der Waals surface area contributed by atoms with Gasteiger partial charge in [-0.15, -0.1) is 0 Å². The number of carbonyl (C=O) groups excluding carboxylic acids is 1. The first-order valence-corrected chi connectivity index (χ1v) is 13.3. The maximum absolute atomic E-state index is 13.7. The number of benzene rings is 1. The number of hydrogen-bond donors (Lipinski definition) is 3. The van der Waals surface area contributed by atoms with Gasteiger partial charge >= 0.3 is 0 Å². The normalized spacial score (nSPS) is 21.7. The molecule has 39 heavy (non-hydrogen) atoms. The summed E-state index contributed by atoms with van der Waals surface area (Å²) in [7, 11) is 0. The van der Waals surface area contributed by atoms with Crippen LogP contribution in [0, 0.1) is 22.6 Å². The van der Waals surface area contributed by atoms with Gasteiger partial charge < -0.3 is 25.1 Å². The average molecular weight is 534 g/mol. The van der Waals surface area contributed by atoms with Crippen molar-refractivity contribution in [3.8, 4) is 28.7 Å². The Kier molecular flexibility index (Phi) is 8.14. The third kappa shape index (κ3) is 6.24. The van der Waals surface area contributed by atoms with Crippen molar-refractivity contribution >= 4 is 11.9 Å². The molecule has 0 atom stereocenters. The van der Waals surface area contributed by atoms with E-state index in [2.05, 4.69) is 20.6 Å². The molecule has 1 saturated heterocycles. The van der Waals surface area contributed by atoms with Gasteiger partial charge in [0, 0.05) is 24.3 Å². The molecule has 2 aromatic heterocycles. The number of aromatic amines is 1. The van der Waals surface area contributed by atoms with Gasteiger partial charge in [-0.3, -0.25) is 4.79 Å². The molecule has 0 unspecified atom stereocenters. The molecule has 0 bridgehead atoms. The number of nitriles is 1. The van der Waals surface area contributed by atoms with E-state index in [4.69, 9.17) is 24.7 Å². The van der Waals surface area contributed by atoms with E-state index in [0.29, 0.717) is 40.5 Å². The summed E-state index contributed by atoms with van der Waals surface area (Å²) in [5, 5.41) is 14.9. The second-order valence-electron chi connectivity index (χ2n) is 10.3. The number of amides is 1. The summed E-state index contributed by atoms with van der Waals surface area (Å²) < 4.78 is 25.6. The summed E-state index contributed by atoms with van der Waals surface area (Å²) in [5.74, 6) is 0.381. The van der Waals surface area contributed by atoms with Crippen LogP contribution < -0.4 is 10.6 Å². The van der Waals surface area contributed by atoms with Crippen LogP contribution in [0.25, 0.3) is 22.6 Å². The predicted molar refractivity (Wildman–Crippen MR) is 141 cm³/mol. The first-order valence-electron chi connectivity index (χ1n) is 13.3. The quantitative estimate of drug-likeness (QED) is 0.360. The van der Waals surface area contributed by atoms with Crippen molar-refractivity contribution in [1.82, 2.24) is 25.3 Å². The first kappa shape index (κ1) is 26.7. The van der Waals surface area contributed by atoms with Crippen LogP contribution in [0.1, 0.15) is 57.6 Å². The number of ether oxygens (including phenoxy) is 2. The van der Waals surface area contributed by atoms with Crippen LogP contribution >= 0.6 is 0 Å².